The van der Waals surface area contributed by atoms with E-state index in [1.54, 1.807) is 29.8 Å². The van der Waals surface area contributed by atoms with Crippen molar-refractivity contribution in [3.05, 3.63) is 46.8 Å². The lowest BCUT2D eigenvalue weighted by Gasteiger charge is -2.15. The number of allylic oxidation sites excluding steroid dienone is 1. The molecule has 0 amide bonds. The minimum absolute atomic E-state index is 0.0854. The molecule has 3 rings (SSSR count). The molecule has 114 valence electrons. The quantitative estimate of drug-likeness (QED) is 0.643. The standard InChI is InChI=1S/C17H18N2O2S/c1-19-14-6-5-12(17(20)13(14)10-18-19)8-11-4-7-16(22-3)15(9-11)21-2/h4,7-10H,5-6H2,1-3H3/b12-8-. The monoisotopic (exact) mass is 314 g/mol. The molecule has 0 bridgehead atoms. The normalized spacial score (nSPS) is 16.0. The van der Waals surface area contributed by atoms with Crippen LogP contribution in [0.25, 0.3) is 6.08 Å². The third kappa shape index (κ3) is 2.57. The fourth-order valence-electron chi connectivity index (χ4n) is 2.77. The Morgan fingerprint density at radius 1 is 1.36 bits per heavy atom. The first kappa shape index (κ1) is 14.9. The fraction of sp³-hybridized carbons (Fsp3) is 0.294. The van der Waals surface area contributed by atoms with Crippen molar-refractivity contribution in [3.63, 3.8) is 0 Å². The van der Waals surface area contributed by atoms with Crippen molar-refractivity contribution in [3.8, 4) is 5.75 Å². The average molecular weight is 314 g/mol. The molecule has 22 heavy (non-hydrogen) atoms. The number of hydrogen-bond donors (Lipinski definition) is 0. The highest BCUT2D eigenvalue weighted by Gasteiger charge is 2.24. The predicted molar refractivity (Wildman–Crippen MR) is 88.6 cm³/mol. The molecule has 0 spiro atoms. The maximum absolute atomic E-state index is 12.6. The molecule has 0 N–H and O–H groups in total. The van der Waals surface area contributed by atoms with E-state index in [0.29, 0.717) is 0 Å². The van der Waals surface area contributed by atoms with Crippen LogP contribution in [0.4, 0.5) is 0 Å². The van der Waals surface area contributed by atoms with Gasteiger partial charge >= 0.3 is 0 Å². The van der Waals surface area contributed by atoms with Gasteiger partial charge in [0.15, 0.2) is 5.78 Å². The number of aryl methyl sites for hydroxylation is 1. The third-order valence-electron chi connectivity index (χ3n) is 3.98. The molecule has 0 aliphatic heterocycles. The zero-order valence-corrected chi connectivity index (χ0v) is 13.7. The molecule has 0 radical (unpaired) electrons. The number of ether oxygens (including phenoxy) is 1. The van der Waals surface area contributed by atoms with Crippen LogP contribution in [0.2, 0.25) is 0 Å². The zero-order chi connectivity index (χ0) is 15.7. The van der Waals surface area contributed by atoms with Crippen molar-refractivity contribution >= 4 is 23.6 Å². The molecule has 1 aliphatic rings. The number of ketones is 1. The number of aromatic nitrogens is 2. The van der Waals surface area contributed by atoms with E-state index in [0.717, 1.165) is 45.9 Å². The number of benzene rings is 1. The van der Waals surface area contributed by atoms with Crippen molar-refractivity contribution in [1.82, 2.24) is 9.78 Å². The van der Waals surface area contributed by atoms with Gasteiger partial charge in [-0.25, -0.2) is 0 Å². The van der Waals surface area contributed by atoms with Gasteiger partial charge in [0.05, 0.1) is 18.9 Å². The Hall–Kier alpha value is -2.01. The van der Waals surface area contributed by atoms with Gasteiger partial charge in [-0.2, -0.15) is 5.10 Å². The van der Waals surface area contributed by atoms with Crippen molar-refractivity contribution in [1.29, 1.82) is 0 Å². The summed E-state index contributed by atoms with van der Waals surface area (Å²) in [6, 6.07) is 6.02. The topological polar surface area (TPSA) is 44.1 Å². The molecule has 0 atom stereocenters. The first-order valence-corrected chi connectivity index (χ1v) is 8.34. The van der Waals surface area contributed by atoms with E-state index >= 15 is 0 Å². The summed E-state index contributed by atoms with van der Waals surface area (Å²) in [5, 5.41) is 4.19. The number of carbonyl (C=O) groups is 1. The van der Waals surface area contributed by atoms with Crippen LogP contribution in [-0.2, 0) is 13.5 Å². The fourth-order valence-corrected chi connectivity index (χ4v) is 3.32. The summed E-state index contributed by atoms with van der Waals surface area (Å²) in [5.74, 6) is 0.925. The number of thioether (sulfide) groups is 1. The smallest absolute Gasteiger partial charge is 0.192 e. The number of Topliss-reactive ketones (excluding diaryl/α,β-unsaturated/α-hetero) is 1. The Kier molecular flexibility index (Phi) is 4.07. The summed E-state index contributed by atoms with van der Waals surface area (Å²) in [4.78, 5) is 13.6. The maximum Gasteiger partial charge on any atom is 0.192 e. The molecule has 0 saturated carbocycles. The molecule has 5 heteroatoms. The summed E-state index contributed by atoms with van der Waals surface area (Å²) in [6.07, 6.45) is 7.25. The summed E-state index contributed by atoms with van der Waals surface area (Å²) >= 11 is 1.65. The molecule has 1 heterocycles. The first-order chi connectivity index (χ1) is 10.6. The van der Waals surface area contributed by atoms with Gasteiger partial charge in [0.2, 0.25) is 0 Å². The lowest BCUT2D eigenvalue weighted by molar-refractivity contribution is 0.102. The van der Waals surface area contributed by atoms with Gasteiger partial charge in [-0.3, -0.25) is 9.48 Å². The second-order valence-corrected chi connectivity index (χ2v) is 6.09. The molecule has 4 nitrogen and oxygen atoms in total. The Bertz CT molecular complexity index is 762. The summed E-state index contributed by atoms with van der Waals surface area (Å²) in [5.41, 5.74) is 3.58. The lowest BCUT2D eigenvalue weighted by atomic mass is 9.90. The van der Waals surface area contributed by atoms with E-state index in [1.165, 1.54) is 0 Å². The summed E-state index contributed by atoms with van der Waals surface area (Å²) < 4.78 is 7.20. The largest absolute Gasteiger partial charge is 0.496 e. The van der Waals surface area contributed by atoms with Crippen LogP contribution in [0.1, 0.15) is 28.0 Å². The third-order valence-corrected chi connectivity index (χ3v) is 4.75. The van der Waals surface area contributed by atoms with Crippen LogP contribution in [0, 0.1) is 0 Å². The lowest BCUT2D eigenvalue weighted by Crippen LogP contribution is -2.14. The second-order valence-electron chi connectivity index (χ2n) is 5.24. The Morgan fingerprint density at radius 3 is 2.91 bits per heavy atom. The van der Waals surface area contributed by atoms with Gasteiger partial charge in [-0.1, -0.05) is 6.07 Å². The molecule has 0 fully saturated rings. The molecule has 2 aromatic rings. The van der Waals surface area contributed by atoms with E-state index in [1.807, 2.05) is 37.6 Å². The Labute approximate surface area is 134 Å². The van der Waals surface area contributed by atoms with Crippen molar-refractivity contribution in [2.75, 3.05) is 13.4 Å². The van der Waals surface area contributed by atoms with Crippen molar-refractivity contribution < 1.29 is 9.53 Å². The van der Waals surface area contributed by atoms with Gasteiger partial charge in [-0.05, 0) is 42.9 Å². The Morgan fingerprint density at radius 2 is 2.18 bits per heavy atom. The van der Waals surface area contributed by atoms with Crippen molar-refractivity contribution in [2.45, 2.75) is 17.7 Å². The number of carbonyl (C=O) groups excluding carboxylic acids is 1. The molecule has 0 saturated heterocycles. The zero-order valence-electron chi connectivity index (χ0n) is 12.9. The van der Waals surface area contributed by atoms with Crippen LogP contribution < -0.4 is 4.74 Å². The van der Waals surface area contributed by atoms with Crippen LogP contribution in [0.15, 0.2) is 34.9 Å². The second kappa shape index (κ2) is 6.01. The Balaban J connectivity index is 1.95. The first-order valence-electron chi connectivity index (χ1n) is 7.12. The van der Waals surface area contributed by atoms with E-state index < -0.39 is 0 Å². The highest BCUT2D eigenvalue weighted by molar-refractivity contribution is 7.98. The van der Waals surface area contributed by atoms with E-state index in [9.17, 15) is 4.79 Å². The van der Waals surface area contributed by atoms with Gasteiger partial charge in [0.1, 0.15) is 5.75 Å². The maximum atomic E-state index is 12.6. The summed E-state index contributed by atoms with van der Waals surface area (Å²) in [6.45, 7) is 0. The number of methoxy groups -OCH3 is 1. The minimum Gasteiger partial charge on any atom is -0.496 e. The van der Waals surface area contributed by atoms with Gasteiger partial charge < -0.3 is 4.74 Å². The molecule has 0 unspecified atom stereocenters. The van der Waals surface area contributed by atoms with Crippen molar-refractivity contribution in [2.24, 2.45) is 7.05 Å². The minimum atomic E-state index is 0.0854. The molecular weight excluding hydrogens is 296 g/mol. The molecule has 1 aliphatic carbocycles. The number of hydrogen-bond acceptors (Lipinski definition) is 4. The van der Waals surface area contributed by atoms with E-state index in [-0.39, 0.29) is 5.78 Å². The predicted octanol–water partition coefficient (Wildman–Crippen LogP) is 3.36. The molecule has 1 aromatic heterocycles. The molecular formula is C17H18N2O2S. The van der Waals surface area contributed by atoms with Crippen LogP contribution in [0.5, 0.6) is 5.75 Å². The average Bonchev–Trinajstić information content (AvgIpc) is 2.92. The van der Waals surface area contributed by atoms with Gasteiger partial charge in [-0.15, -0.1) is 11.8 Å². The number of fused-ring (bicyclic) bond motifs is 1. The molecule has 1 aromatic carbocycles. The number of rotatable bonds is 3. The number of nitrogens with zero attached hydrogens (tertiary/aromatic N) is 2. The van der Waals surface area contributed by atoms with Gasteiger partial charge in [0.25, 0.3) is 0 Å². The van der Waals surface area contributed by atoms with Gasteiger partial charge in [0, 0.05) is 23.2 Å². The van der Waals surface area contributed by atoms with Crippen LogP contribution >= 0.6 is 11.8 Å². The highest BCUT2D eigenvalue weighted by Crippen LogP contribution is 2.31. The highest BCUT2D eigenvalue weighted by atomic mass is 32.2. The summed E-state index contributed by atoms with van der Waals surface area (Å²) in [7, 11) is 3.55. The van der Waals surface area contributed by atoms with E-state index in [4.69, 9.17) is 4.74 Å². The SMILES string of the molecule is COc1cc(/C=C2/CCc3c(cnn3C)C2=O)ccc1SC. The van der Waals surface area contributed by atoms with Crippen LogP contribution in [0.3, 0.4) is 0 Å². The van der Waals surface area contributed by atoms with Crippen LogP contribution in [-0.4, -0.2) is 28.9 Å². The van der Waals surface area contributed by atoms with E-state index in [2.05, 4.69) is 5.10 Å².